The molecule has 0 radical (unpaired) electrons. The lowest BCUT2D eigenvalue weighted by Gasteiger charge is -2.15. The Bertz CT molecular complexity index is 1170. The number of pyridine rings is 1. The standard InChI is InChI=1S/C25H26N2O4/c1-2-29-14-12-27-24-16-22(31-21-7-4-3-5-8-21)11-10-19(24)15-20(25(27)28)17-26-18-23-9-6-13-30-23/h3-11,13,15-16,26H,2,12,14,17-18H2,1H3. The average molecular weight is 418 g/mol. The summed E-state index contributed by atoms with van der Waals surface area (Å²) in [5.41, 5.74) is 1.50. The Kier molecular flexibility index (Phi) is 6.82. The predicted octanol–water partition coefficient (Wildman–Crippen LogP) is 4.71. The largest absolute Gasteiger partial charge is 0.468 e. The Morgan fingerprint density at radius 3 is 2.61 bits per heavy atom. The summed E-state index contributed by atoms with van der Waals surface area (Å²) in [7, 11) is 0. The first-order valence-corrected chi connectivity index (χ1v) is 10.4. The second-order valence-electron chi connectivity index (χ2n) is 7.14. The van der Waals surface area contributed by atoms with Gasteiger partial charge in [-0.3, -0.25) is 4.79 Å². The smallest absolute Gasteiger partial charge is 0.255 e. The van der Waals surface area contributed by atoms with Crippen LogP contribution in [0.4, 0.5) is 0 Å². The van der Waals surface area contributed by atoms with E-state index in [-0.39, 0.29) is 5.56 Å². The molecular weight excluding hydrogens is 392 g/mol. The van der Waals surface area contributed by atoms with Crippen LogP contribution in [0.2, 0.25) is 0 Å². The first-order valence-electron chi connectivity index (χ1n) is 10.4. The van der Waals surface area contributed by atoms with Crippen molar-refractivity contribution in [3.63, 3.8) is 0 Å². The summed E-state index contributed by atoms with van der Waals surface area (Å²) in [6.07, 6.45) is 1.64. The van der Waals surface area contributed by atoms with E-state index in [4.69, 9.17) is 13.9 Å². The Labute approximate surface area is 181 Å². The molecule has 0 amide bonds. The molecule has 0 aliphatic rings. The van der Waals surface area contributed by atoms with Crippen LogP contribution in [0.3, 0.4) is 0 Å². The molecular formula is C25H26N2O4. The van der Waals surface area contributed by atoms with Crippen molar-refractivity contribution in [2.45, 2.75) is 26.6 Å². The van der Waals surface area contributed by atoms with Crippen LogP contribution in [0, 0.1) is 0 Å². The van der Waals surface area contributed by atoms with Crippen LogP contribution < -0.4 is 15.6 Å². The number of ether oxygens (including phenoxy) is 2. The molecule has 2 aromatic carbocycles. The minimum atomic E-state index is -0.0315. The van der Waals surface area contributed by atoms with Gasteiger partial charge in [0.05, 0.1) is 24.9 Å². The molecule has 0 saturated heterocycles. The topological polar surface area (TPSA) is 65.6 Å². The van der Waals surface area contributed by atoms with Crippen molar-refractivity contribution in [1.29, 1.82) is 0 Å². The first kappa shape index (κ1) is 20.9. The van der Waals surface area contributed by atoms with Crippen LogP contribution in [0.5, 0.6) is 11.5 Å². The van der Waals surface area contributed by atoms with Crippen LogP contribution in [-0.4, -0.2) is 17.8 Å². The average Bonchev–Trinajstić information content (AvgIpc) is 3.30. The summed E-state index contributed by atoms with van der Waals surface area (Å²) < 4.78 is 18.6. The van der Waals surface area contributed by atoms with Gasteiger partial charge in [0, 0.05) is 31.3 Å². The summed E-state index contributed by atoms with van der Waals surface area (Å²) in [5, 5.41) is 4.26. The number of fused-ring (bicyclic) bond motifs is 1. The van der Waals surface area contributed by atoms with Gasteiger partial charge >= 0.3 is 0 Å². The zero-order valence-electron chi connectivity index (χ0n) is 17.5. The van der Waals surface area contributed by atoms with Crippen LogP contribution in [-0.2, 0) is 24.4 Å². The molecule has 2 heterocycles. The van der Waals surface area contributed by atoms with Crippen molar-refractivity contribution < 1.29 is 13.9 Å². The maximum atomic E-state index is 13.2. The molecule has 0 aliphatic carbocycles. The molecule has 2 aromatic heterocycles. The minimum Gasteiger partial charge on any atom is -0.468 e. The summed E-state index contributed by atoms with van der Waals surface area (Å²) in [5.74, 6) is 2.27. The molecule has 0 fully saturated rings. The Balaban J connectivity index is 1.63. The second kappa shape index (κ2) is 10.1. The third-order valence-electron chi connectivity index (χ3n) is 4.98. The van der Waals surface area contributed by atoms with E-state index in [0.717, 1.165) is 22.4 Å². The molecule has 0 aliphatic heterocycles. The number of hydrogen-bond acceptors (Lipinski definition) is 5. The van der Waals surface area contributed by atoms with Gasteiger partial charge in [-0.05, 0) is 54.8 Å². The minimum absolute atomic E-state index is 0.0315. The number of rotatable bonds is 10. The normalized spacial score (nSPS) is 11.1. The third kappa shape index (κ3) is 5.23. The van der Waals surface area contributed by atoms with Crippen molar-refractivity contribution in [2.75, 3.05) is 13.2 Å². The molecule has 0 unspecified atom stereocenters. The number of aromatic nitrogens is 1. The molecule has 0 bridgehead atoms. The van der Waals surface area contributed by atoms with Crippen molar-refractivity contribution >= 4 is 10.9 Å². The van der Waals surface area contributed by atoms with Crippen LogP contribution in [0.15, 0.2) is 82.2 Å². The number of benzene rings is 2. The molecule has 6 nitrogen and oxygen atoms in total. The zero-order valence-corrected chi connectivity index (χ0v) is 17.5. The fraction of sp³-hybridized carbons (Fsp3) is 0.240. The predicted molar refractivity (Wildman–Crippen MR) is 120 cm³/mol. The highest BCUT2D eigenvalue weighted by Crippen LogP contribution is 2.25. The van der Waals surface area contributed by atoms with E-state index >= 15 is 0 Å². The van der Waals surface area contributed by atoms with Gasteiger partial charge in [0.1, 0.15) is 17.3 Å². The highest BCUT2D eigenvalue weighted by atomic mass is 16.5. The van der Waals surface area contributed by atoms with Crippen molar-refractivity contribution in [1.82, 2.24) is 9.88 Å². The maximum absolute atomic E-state index is 13.2. The monoisotopic (exact) mass is 418 g/mol. The second-order valence-corrected chi connectivity index (χ2v) is 7.14. The molecule has 0 atom stereocenters. The van der Waals surface area contributed by atoms with Gasteiger partial charge in [0.15, 0.2) is 0 Å². The summed E-state index contributed by atoms with van der Waals surface area (Å²) in [6.45, 7) is 4.52. The molecule has 1 N–H and O–H groups in total. The fourth-order valence-corrected chi connectivity index (χ4v) is 3.48. The van der Waals surface area contributed by atoms with Crippen LogP contribution >= 0.6 is 0 Å². The number of para-hydroxylation sites is 1. The fourth-order valence-electron chi connectivity index (χ4n) is 3.48. The van der Waals surface area contributed by atoms with E-state index < -0.39 is 0 Å². The quantitative estimate of drug-likeness (QED) is 0.378. The summed E-state index contributed by atoms with van der Waals surface area (Å²) in [6, 6.07) is 21.1. The van der Waals surface area contributed by atoms with Crippen LogP contribution in [0.25, 0.3) is 10.9 Å². The summed E-state index contributed by atoms with van der Waals surface area (Å²) >= 11 is 0. The number of furan rings is 1. The van der Waals surface area contributed by atoms with Crippen molar-refractivity contribution in [3.05, 3.63) is 94.7 Å². The maximum Gasteiger partial charge on any atom is 0.255 e. The molecule has 160 valence electrons. The molecule has 4 aromatic rings. The van der Waals surface area contributed by atoms with E-state index in [0.29, 0.717) is 44.2 Å². The van der Waals surface area contributed by atoms with Crippen molar-refractivity contribution in [3.8, 4) is 11.5 Å². The van der Waals surface area contributed by atoms with Gasteiger partial charge in [0.25, 0.3) is 5.56 Å². The Hall–Kier alpha value is -3.35. The zero-order chi connectivity index (χ0) is 21.5. The number of nitrogens with zero attached hydrogens (tertiary/aromatic N) is 1. The summed E-state index contributed by atoms with van der Waals surface area (Å²) in [4.78, 5) is 13.2. The number of hydrogen-bond donors (Lipinski definition) is 1. The molecule has 4 rings (SSSR count). The van der Waals surface area contributed by atoms with E-state index in [1.807, 2.05) is 73.7 Å². The lowest BCUT2D eigenvalue weighted by Crippen LogP contribution is -2.28. The van der Waals surface area contributed by atoms with E-state index in [9.17, 15) is 4.79 Å². The van der Waals surface area contributed by atoms with Crippen molar-refractivity contribution in [2.24, 2.45) is 0 Å². The first-order chi connectivity index (χ1) is 15.2. The van der Waals surface area contributed by atoms with Gasteiger partial charge in [-0.1, -0.05) is 18.2 Å². The van der Waals surface area contributed by atoms with E-state index in [1.165, 1.54) is 0 Å². The van der Waals surface area contributed by atoms with Gasteiger partial charge in [-0.15, -0.1) is 0 Å². The molecule has 0 saturated carbocycles. The lowest BCUT2D eigenvalue weighted by atomic mass is 10.1. The highest BCUT2D eigenvalue weighted by Gasteiger charge is 2.11. The van der Waals surface area contributed by atoms with Gasteiger partial charge < -0.3 is 23.8 Å². The highest BCUT2D eigenvalue weighted by molar-refractivity contribution is 5.81. The molecule has 0 spiro atoms. The lowest BCUT2D eigenvalue weighted by molar-refractivity contribution is 0.139. The van der Waals surface area contributed by atoms with Gasteiger partial charge in [-0.2, -0.15) is 0 Å². The SMILES string of the molecule is CCOCCn1c(=O)c(CNCc2ccco2)cc2ccc(Oc3ccccc3)cc21. The van der Waals surface area contributed by atoms with Gasteiger partial charge in [-0.25, -0.2) is 0 Å². The molecule has 31 heavy (non-hydrogen) atoms. The van der Waals surface area contributed by atoms with Crippen LogP contribution in [0.1, 0.15) is 18.2 Å². The third-order valence-corrected chi connectivity index (χ3v) is 4.98. The van der Waals surface area contributed by atoms with E-state index in [1.54, 1.807) is 10.8 Å². The number of nitrogens with one attached hydrogen (secondary N) is 1. The Morgan fingerprint density at radius 1 is 0.968 bits per heavy atom. The Morgan fingerprint density at radius 2 is 1.84 bits per heavy atom. The molecule has 6 heteroatoms. The van der Waals surface area contributed by atoms with E-state index in [2.05, 4.69) is 5.32 Å². The van der Waals surface area contributed by atoms with Gasteiger partial charge in [0.2, 0.25) is 0 Å².